The summed E-state index contributed by atoms with van der Waals surface area (Å²) in [5.41, 5.74) is 2.99. The Labute approximate surface area is 228 Å². The first kappa shape index (κ1) is 27.1. The average Bonchev–Trinajstić information content (AvgIpc) is 3.69. The fraction of sp³-hybridized carbons (Fsp3) is 0.438. The number of carboxylic acids is 1. The minimum Gasteiger partial charge on any atom is -0.489 e. The largest absolute Gasteiger partial charge is 0.489 e. The molecule has 1 heterocycles. The highest BCUT2D eigenvalue weighted by Crippen LogP contribution is 2.52. The monoisotopic (exact) mass is 535 g/mol. The summed E-state index contributed by atoms with van der Waals surface area (Å²) in [6.45, 7) is 4.41. The van der Waals surface area contributed by atoms with E-state index < -0.39 is 17.6 Å². The normalized spacial score (nSPS) is 19.1. The van der Waals surface area contributed by atoms with Crippen LogP contribution in [0.25, 0.3) is 11.1 Å². The van der Waals surface area contributed by atoms with E-state index in [1.54, 1.807) is 6.07 Å². The summed E-state index contributed by atoms with van der Waals surface area (Å²) in [6.07, 6.45) is 6.28. The van der Waals surface area contributed by atoms with Crippen LogP contribution in [-0.4, -0.2) is 23.2 Å². The average molecular weight is 536 g/mol. The number of carbonyl (C=O) groups is 1. The molecule has 39 heavy (non-hydrogen) atoms. The van der Waals surface area contributed by atoms with E-state index in [1.807, 2.05) is 24.3 Å². The lowest BCUT2D eigenvalue weighted by Gasteiger charge is -2.30. The molecule has 0 saturated heterocycles. The molecular weight excluding hydrogens is 500 g/mol. The maximum atomic E-state index is 15.6. The predicted octanol–water partition coefficient (Wildman–Crippen LogP) is 7.88. The quantitative estimate of drug-likeness (QED) is 0.286. The number of carboxylic acid groups (broad SMARTS) is 1. The molecule has 2 aliphatic rings. The van der Waals surface area contributed by atoms with Gasteiger partial charge in [0.15, 0.2) is 0 Å². The second-order valence-electron chi connectivity index (χ2n) is 11.6. The molecule has 3 aromatic rings. The number of benzene rings is 2. The van der Waals surface area contributed by atoms with Gasteiger partial charge in [0.2, 0.25) is 5.88 Å². The van der Waals surface area contributed by atoms with Gasteiger partial charge in [-0.25, -0.2) is 13.8 Å². The van der Waals surface area contributed by atoms with Crippen LogP contribution in [0.2, 0.25) is 0 Å². The van der Waals surface area contributed by atoms with E-state index in [2.05, 4.69) is 18.8 Å². The summed E-state index contributed by atoms with van der Waals surface area (Å²) in [7, 11) is 1.47. The second kappa shape index (κ2) is 10.9. The highest BCUT2D eigenvalue weighted by Gasteiger charge is 2.38. The Morgan fingerprint density at radius 3 is 2.56 bits per heavy atom. The van der Waals surface area contributed by atoms with Gasteiger partial charge >= 0.3 is 5.97 Å². The summed E-state index contributed by atoms with van der Waals surface area (Å²) in [4.78, 5) is 15.4. The number of ether oxygens (including phenoxy) is 2. The molecule has 0 radical (unpaired) electrons. The Kier molecular flexibility index (Phi) is 7.61. The minimum atomic E-state index is -0.814. The number of aliphatic carboxylic acids is 1. The predicted molar refractivity (Wildman–Crippen MR) is 145 cm³/mol. The highest BCUT2D eigenvalue weighted by atomic mass is 19.1. The lowest BCUT2D eigenvalue weighted by Crippen LogP contribution is -2.17. The molecule has 2 aliphatic carbocycles. The maximum absolute atomic E-state index is 15.6. The molecule has 0 spiro atoms. The lowest BCUT2D eigenvalue weighted by atomic mass is 9.75. The zero-order valence-corrected chi connectivity index (χ0v) is 22.7. The Bertz CT molecular complexity index is 1370. The number of pyridine rings is 1. The van der Waals surface area contributed by atoms with Crippen LogP contribution in [-0.2, 0) is 11.4 Å². The van der Waals surface area contributed by atoms with Gasteiger partial charge in [-0.05, 0) is 89.8 Å². The second-order valence-corrected chi connectivity index (χ2v) is 11.6. The summed E-state index contributed by atoms with van der Waals surface area (Å²) in [5, 5.41) is 9.37. The molecule has 0 bridgehead atoms. The first-order valence-corrected chi connectivity index (χ1v) is 13.6. The topological polar surface area (TPSA) is 68.7 Å². The lowest BCUT2D eigenvalue weighted by molar-refractivity contribution is -0.137. The summed E-state index contributed by atoms with van der Waals surface area (Å²) < 4.78 is 41.8. The molecule has 2 fully saturated rings. The highest BCUT2D eigenvalue weighted by molar-refractivity contribution is 5.70. The van der Waals surface area contributed by atoms with Crippen molar-refractivity contribution in [1.29, 1.82) is 0 Å². The Morgan fingerprint density at radius 1 is 1.10 bits per heavy atom. The van der Waals surface area contributed by atoms with Gasteiger partial charge in [0.1, 0.15) is 24.0 Å². The van der Waals surface area contributed by atoms with E-state index in [4.69, 9.17) is 9.47 Å². The van der Waals surface area contributed by atoms with Crippen molar-refractivity contribution in [1.82, 2.24) is 4.98 Å². The van der Waals surface area contributed by atoms with Crippen LogP contribution in [0.4, 0.5) is 8.78 Å². The van der Waals surface area contributed by atoms with Crippen LogP contribution >= 0.6 is 0 Å². The molecular formula is C32H35F2NO4. The van der Waals surface area contributed by atoms with Crippen molar-refractivity contribution in [2.45, 2.75) is 70.8 Å². The van der Waals surface area contributed by atoms with Gasteiger partial charge in [-0.2, -0.15) is 0 Å². The number of aromatic nitrogens is 1. The number of rotatable bonds is 10. The van der Waals surface area contributed by atoms with Gasteiger partial charge in [0, 0.05) is 17.2 Å². The molecule has 0 amide bonds. The van der Waals surface area contributed by atoms with Gasteiger partial charge in [0.05, 0.1) is 19.7 Å². The standard InChI is InChI=1S/C32H35F2NO4/c1-32(2)11-5-8-27(32)25-13-21(28(33)14-24(25)26-15-30(38-3)35-17-29(26)34)18-39-22-7-4-6-20(12-22)23(16-31(36)37)19-9-10-19/h4,6-7,12-15,17,19,23,27H,5,8-11,16,18H2,1-3H3,(H,36,37)/t23-,27?/m1/s1. The smallest absolute Gasteiger partial charge is 0.303 e. The molecule has 1 unspecified atom stereocenters. The summed E-state index contributed by atoms with van der Waals surface area (Å²) >= 11 is 0. The Morgan fingerprint density at radius 2 is 1.90 bits per heavy atom. The Balaban J connectivity index is 1.47. The Hall–Kier alpha value is -3.48. The van der Waals surface area contributed by atoms with Crippen LogP contribution in [0.5, 0.6) is 11.6 Å². The van der Waals surface area contributed by atoms with Crippen LogP contribution in [0.15, 0.2) is 48.7 Å². The summed E-state index contributed by atoms with van der Waals surface area (Å²) in [6, 6.07) is 12.2. The van der Waals surface area contributed by atoms with Crippen LogP contribution in [0.3, 0.4) is 0 Å². The van der Waals surface area contributed by atoms with Crippen molar-refractivity contribution in [3.63, 3.8) is 0 Å². The van der Waals surface area contributed by atoms with Gasteiger partial charge in [-0.15, -0.1) is 0 Å². The number of methoxy groups -OCH3 is 1. The van der Waals surface area contributed by atoms with Crippen molar-refractivity contribution in [3.05, 3.63) is 77.0 Å². The van der Waals surface area contributed by atoms with Crippen LogP contribution in [0, 0.1) is 23.0 Å². The summed E-state index contributed by atoms with van der Waals surface area (Å²) in [5.74, 6) is -0.522. The molecule has 0 aliphatic heterocycles. The maximum Gasteiger partial charge on any atom is 0.303 e. The molecule has 7 heteroatoms. The van der Waals surface area contributed by atoms with E-state index in [0.717, 1.165) is 49.4 Å². The number of hydrogen-bond donors (Lipinski definition) is 1. The van der Waals surface area contributed by atoms with Crippen LogP contribution < -0.4 is 9.47 Å². The SMILES string of the molecule is COc1cc(-c2cc(F)c(COc3cccc([C@H](CC(=O)O)C4CC4)c3)cc2C2CCCC2(C)C)c(F)cn1. The minimum absolute atomic E-state index is 0.00485. The fourth-order valence-electron chi connectivity index (χ4n) is 6.15. The van der Waals surface area contributed by atoms with Crippen molar-refractivity contribution in [2.24, 2.45) is 11.3 Å². The van der Waals surface area contributed by atoms with Gasteiger partial charge in [-0.3, -0.25) is 4.79 Å². The molecule has 1 aromatic heterocycles. The van der Waals surface area contributed by atoms with Crippen molar-refractivity contribution < 1.29 is 28.2 Å². The van der Waals surface area contributed by atoms with E-state index in [1.165, 1.54) is 19.2 Å². The molecule has 206 valence electrons. The van der Waals surface area contributed by atoms with E-state index in [9.17, 15) is 14.3 Å². The molecule has 2 atom stereocenters. The van der Waals surface area contributed by atoms with Crippen molar-refractivity contribution >= 4 is 5.97 Å². The van der Waals surface area contributed by atoms with Crippen molar-refractivity contribution in [2.75, 3.05) is 7.11 Å². The molecule has 5 rings (SSSR count). The third-order valence-electron chi connectivity index (χ3n) is 8.45. The van der Waals surface area contributed by atoms with E-state index in [0.29, 0.717) is 22.8 Å². The van der Waals surface area contributed by atoms with Gasteiger partial charge in [0.25, 0.3) is 0 Å². The molecule has 2 saturated carbocycles. The fourth-order valence-corrected chi connectivity index (χ4v) is 6.15. The van der Waals surface area contributed by atoms with E-state index in [-0.39, 0.29) is 41.7 Å². The third-order valence-corrected chi connectivity index (χ3v) is 8.45. The first-order chi connectivity index (χ1) is 18.7. The van der Waals surface area contributed by atoms with Crippen molar-refractivity contribution in [3.8, 4) is 22.8 Å². The van der Waals surface area contributed by atoms with E-state index >= 15 is 4.39 Å². The first-order valence-electron chi connectivity index (χ1n) is 13.6. The zero-order chi connectivity index (χ0) is 27.7. The third kappa shape index (κ3) is 5.92. The number of hydrogen-bond acceptors (Lipinski definition) is 4. The van der Waals surface area contributed by atoms with Gasteiger partial charge in [-0.1, -0.05) is 32.4 Å². The van der Waals surface area contributed by atoms with Gasteiger partial charge < -0.3 is 14.6 Å². The number of nitrogens with zero attached hydrogens (tertiary/aromatic N) is 1. The number of halogens is 2. The molecule has 5 nitrogen and oxygen atoms in total. The van der Waals surface area contributed by atoms with Crippen LogP contribution in [0.1, 0.15) is 80.9 Å². The zero-order valence-electron chi connectivity index (χ0n) is 22.7. The molecule has 1 N–H and O–H groups in total. The molecule has 2 aromatic carbocycles.